The molecule has 5 heterocycles. The summed E-state index contributed by atoms with van der Waals surface area (Å²) in [5, 5.41) is 0. The molecule has 6 fully saturated rings. The average Bonchev–Trinajstić information content (AvgIpc) is 1.09. The summed E-state index contributed by atoms with van der Waals surface area (Å²) in [6.45, 7) is 18.3. The summed E-state index contributed by atoms with van der Waals surface area (Å²) in [4.78, 5) is 69.1. The Morgan fingerprint density at radius 3 is 1.39 bits per heavy atom. The highest BCUT2D eigenvalue weighted by Crippen LogP contribution is 2.61. The Morgan fingerprint density at radius 2 is 0.944 bits per heavy atom. The van der Waals surface area contributed by atoms with Gasteiger partial charge in [-0.1, -0.05) is 51.5 Å². The van der Waals surface area contributed by atoms with E-state index in [2.05, 4.69) is 84.5 Å². The Hall–Kier alpha value is -3.24. The molecule has 2 aliphatic heterocycles. The zero-order valence-electron chi connectivity index (χ0n) is 56.2. The number of likely N-dealkylation sites (tertiary alicyclic amines) is 2. The number of nitrogens with zero attached hydrogens (tertiary/aromatic N) is 8. The lowest BCUT2D eigenvalue weighted by atomic mass is 9.48. The molecule has 0 N–H and O–H groups in total. The van der Waals surface area contributed by atoms with Gasteiger partial charge in [-0.05, 0) is 285 Å². The van der Waals surface area contributed by atoms with E-state index in [1.54, 1.807) is 0 Å². The minimum absolute atomic E-state index is 0.395. The van der Waals surface area contributed by atoms with Crippen molar-refractivity contribution in [2.75, 3.05) is 65.4 Å². The van der Waals surface area contributed by atoms with Gasteiger partial charge in [-0.3, -0.25) is 14.4 Å². The molecule has 3 atom stereocenters. The average molecular weight is 1290 g/mol. The van der Waals surface area contributed by atoms with Gasteiger partial charge in [0.25, 0.3) is 0 Å². The van der Waals surface area contributed by atoms with Crippen LogP contribution in [0.4, 0.5) is 0 Å². The van der Waals surface area contributed by atoms with E-state index in [0.717, 1.165) is 153 Å². The molecule has 8 aliphatic carbocycles. The smallest absolute Gasteiger partial charge is 0.222 e. The van der Waals surface area contributed by atoms with Gasteiger partial charge in [-0.25, -0.2) is 15.0 Å². The van der Waals surface area contributed by atoms with Gasteiger partial charge in [0.15, 0.2) is 0 Å². The van der Waals surface area contributed by atoms with Crippen LogP contribution in [-0.4, -0.2) is 147 Å². The number of ketones is 2. The lowest BCUT2D eigenvalue weighted by molar-refractivity contribution is -0.133. The van der Waals surface area contributed by atoms with E-state index in [9.17, 15) is 14.4 Å². The van der Waals surface area contributed by atoms with E-state index in [0.29, 0.717) is 46.9 Å². The van der Waals surface area contributed by atoms with Crippen molar-refractivity contribution in [3.63, 3.8) is 0 Å². The van der Waals surface area contributed by atoms with Gasteiger partial charge in [0.2, 0.25) is 5.91 Å². The van der Waals surface area contributed by atoms with Gasteiger partial charge in [0.05, 0.1) is 33.6 Å². The second-order valence-corrected chi connectivity index (χ2v) is 32.8. The van der Waals surface area contributed by atoms with Crippen molar-refractivity contribution in [1.82, 2.24) is 39.5 Å². The van der Waals surface area contributed by atoms with Crippen LogP contribution in [0.25, 0.3) is 0 Å². The van der Waals surface area contributed by atoms with Crippen LogP contribution in [0.15, 0.2) is 40.8 Å². The summed E-state index contributed by atoms with van der Waals surface area (Å²) in [5.74, 6) is 4.85. The summed E-state index contributed by atoms with van der Waals surface area (Å²) >= 11 is 5.50. The summed E-state index contributed by atoms with van der Waals surface area (Å²) in [6, 6.07) is 11.4. The third-order valence-corrected chi connectivity index (χ3v) is 25.9. The van der Waals surface area contributed by atoms with Gasteiger partial charge >= 0.3 is 0 Å². The summed E-state index contributed by atoms with van der Waals surface area (Å²) in [6.07, 6.45) is 42.1. The molecule has 14 heteroatoms. The Kier molecular flexibility index (Phi) is 26.1. The van der Waals surface area contributed by atoms with E-state index >= 15 is 0 Å². The highest BCUT2D eigenvalue weighted by atomic mass is 32.1. The fourth-order valence-electron chi connectivity index (χ4n) is 19.1. The molecule has 3 unspecified atom stereocenters. The first kappa shape index (κ1) is 68.2. The molecule has 2 saturated heterocycles. The molecule has 4 saturated carbocycles. The van der Waals surface area contributed by atoms with Crippen molar-refractivity contribution in [3.8, 4) is 0 Å². The highest BCUT2D eigenvalue weighted by Gasteiger charge is 2.51. The number of hydrogen-bond acceptors (Lipinski definition) is 13. The number of carbonyl (C=O) groups excluding carboxylic acids is 3. The first-order chi connectivity index (χ1) is 44.1. The molecular weight excluding hydrogens is 1170 g/mol. The number of fused-ring (bicyclic) bond motifs is 4. The van der Waals surface area contributed by atoms with Crippen LogP contribution in [-0.2, 0) is 65.8 Å². The van der Waals surface area contributed by atoms with Crippen molar-refractivity contribution in [1.29, 1.82) is 0 Å². The van der Waals surface area contributed by atoms with Crippen LogP contribution in [0, 0.1) is 29.1 Å². The van der Waals surface area contributed by atoms with Crippen molar-refractivity contribution >= 4 is 51.5 Å². The molecule has 4 bridgehead atoms. The standard InChI is InChI=1S/C26H40N2OS.C25H42N4OS.C25H34N2OS/c1-2-8-28(22-6-7-24-25(13-22)30-18-27-24)9-4-3-5-23(29)17-26-14-19-10-20(15-26)12-21(11-19)16-26;1-2-13-27(22-9-10-23-24(19-22)31-20-26-23)16-7-4-8-25(30)29-17-11-21(12-18-29)28-14-5-3-6-15-28;1-2-12-27(22-10-11-24-25(17-22)29-18-26-24)13-6-5-9-23(28)16-19-14-20-7-3-4-8-21(20)15-19/h18-22H,2-17H2,1H3;20-22H,2-19H2,1H3;3-4,7-8,18-19,22H,2,5-6,9-17H2,1H3. The Bertz CT molecular complexity index is 2770. The van der Waals surface area contributed by atoms with E-state index in [1.807, 2.05) is 50.5 Å². The molecule has 1 amide bonds. The molecule has 3 aromatic heterocycles. The van der Waals surface area contributed by atoms with Gasteiger partial charge in [0.1, 0.15) is 11.6 Å². The predicted molar refractivity (Wildman–Crippen MR) is 373 cm³/mol. The Labute approximate surface area is 556 Å². The third kappa shape index (κ3) is 19.0. The van der Waals surface area contributed by atoms with Gasteiger partial charge < -0.3 is 24.5 Å². The molecule has 14 rings (SSSR count). The number of piperidine rings is 2. The maximum Gasteiger partial charge on any atom is 0.222 e. The molecule has 1 aromatic carbocycles. The molecule has 11 nitrogen and oxygen atoms in total. The van der Waals surface area contributed by atoms with E-state index < -0.39 is 0 Å². The van der Waals surface area contributed by atoms with Crippen LogP contribution in [0.1, 0.15) is 243 Å². The lowest BCUT2D eigenvalue weighted by Gasteiger charge is -2.56. The number of amides is 1. The molecule has 4 aromatic rings. The second kappa shape index (κ2) is 34.4. The van der Waals surface area contributed by atoms with E-state index in [1.165, 1.54) is 210 Å². The maximum absolute atomic E-state index is 12.9. The SMILES string of the molecule is CCCN(CCCCC(=O)CC12CC3CC(CC(C3)C1)C2)C1CCc2ncsc2C1.CCCN(CCCCC(=O)CC1Cc2ccccc2C1)C1CCc2ncsc2C1.CCCN(CCCCC(=O)N1CCC(N2CCCCC2)CC1)C1CCc2ncsc2C1. The number of rotatable bonds is 29. The van der Waals surface area contributed by atoms with Gasteiger partial charge in [0, 0.05) is 84.0 Å². The topological polar surface area (TPSA) is 106 Å². The number of benzene rings is 1. The maximum atomic E-state index is 12.9. The van der Waals surface area contributed by atoms with Crippen LogP contribution in [0.3, 0.4) is 0 Å². The Balaban J connectivity index is 0.000000139. The molecular formula is C76H116N8O3S3. The number of unbranched alkanes of at least 4 members (excludes halogenated alkanes) is 3. The largest absolute Gasteiger partial charge is 0.343 e. The van der Waals surface area contributed by atoms with Crippen LogP contribution < -0.4 is 0 Å². The van der Waals surface area contributed by atoms with Crippen LogP contribution >= 0.6 is 34.0 Å². The minimum atomic E-state index is 0.395. The van der Waals surface area contributed by atoms with Crippen LogP contribution in [0.2, 0.25) is 0 Å². The fourth-order valence-corrected chi connectivity index (χ4v) is 21.8. The van der Waals surface area contributed by atoms with Crippen LogP contribution in [0.5, 0.6) is 0 Å². The molecule has 90 heavy (non-hydrogen) atoms. The number of Topliss-reactive ketones (excluding diaryl/α,β-unsaturated/α-hetero) is 2. The zero-order valence-corrected chi connectivity index (χ0v) is 58.7. The zero-order chi connectivity index (χ0) is 62.1. The number of hydrogen-bond donors (Lipinski definition) is 0. The van der Waals surface area contributed by atoms with Crippen molar-refractivity contribution in [3.05, 3.63) is 83.6 Å². The second-order valence-electron chi connectivity index (χ2n) is 30.0. The third-order valence-electron chi connectivity index (χ3n) is 23.2. The minimum Gasteiger partial charge on any atom is -0.343 e. The molecule has 0 spiro atoms. The van der Waals surface area contributed by atoms with Crippen molar-refractivity contribution in [2.45, 2.75) is 276 Å². The predicted octanol–water partition coefficient (Wildman–Crippen LogP) is 15.7. The number of aryl methyl sites for hydroxylation is 3. The van der Waals surface area contributed by atoms with Gasteiger partial charge in [-0.2, -0.15) is 0 Å². The summed E-state index contributed by atoms with van der Waals surface area (Å²) < 4.78 is 0. The molecule has 0 radical (unpaired) electrons. The first-order valence-corrected chi connectivity index (χ1v) is 39.8. The quantitative estimate of drug-likeness (QED) is 0.0488. The first-order valence-electron chi connectivity index (χ1n) is 37.2. The fraction of sp³-hybridized carbons (Fsp3) is 0.763. The highest BCUT2D eigenvalue weighted by molar-refractivity contribution is 7.10. The van der Waals surface area contributed by atoms with E-state index in [-0.39, 0.29) is 0 Å². The normalized spacial score (nSPS) is 25.6. The van der Waals surface area contributed by atoms with Gasteiger partial charge in [-0.15, -0.1) is 34.0 Å². The number of carbonyl (C=O) groups is 3. The molecule has 496 valence electrons. The number of thiazole rings is 3. The van der Waals surface area contributed by atoms with Crippen molar-refractivity contribution < 1.29 is 14.4 Å². The lowest BCUT2D eigenvalue weighted by Crippen LogP contribution is -2.48. The molecule has 10 aliphatic rings. The monoisotopic (exact) mass is 1280 g/mol. The van der Waals surface area contributed by atoms with Crippen molar-refractivity contribution in [2.24, 2.45) is 29.1 Å². The summed E-state index contributed by atoms with van der Waals surface area (Å²) in [5.41, 5.74) is 13.4. The summed E-state index contributed by atoms with van der Waals surface area (Å²) in [7, 11) is 0. The number of aromatic nitrogens is 3. The Morgan fingerprint density at radius 1 is 0.511 bits per heavy atom. The van der Waals surface area contributed by atoms with E-state index in [4.69, 9.17) is 0 Å².